The molecular formula is C14H17ClN4O2S. The Balaban J connectivity index is 1.85. The van der Waals surface area contributed by atoms with Gasteiger partial charge in [-0.3, -0.25) is 15.5 Å². The number of nitro benzene ring substituents is 1. The van der Waals surface area contributed by atoms with Crippen LogP contribution < -0.4 is 10.7 Å². The molecule has 22 heavy (non-hydrogen) atoms. The van der Waals surface area contributed by atoms with Crippen molar-refractivity contribution in [2.24, 2.45) is 5.10 Å². The third-order valence-electron chi connectivity index (χ3n) is 3.49. The molecule has 0 aromatic heterocycles. The SMILES string of the molecule is O=[N+]([O-])c1ccc(/C=N\NC(=S)NC2CCCCC2)cc1Cl. The summed E-state index contributed by atoms with van der Waals surface area (Å²) in [6.07, 6.45) is 7.52. The highest BCUT2D eigenvalue weighted by Crippen LogP contribution is 2.24. The van der Waals surface area contributed by atoms with Crippen LogP contribution in [0, 0.1) is 10.1 Å². The summed E-state index contributed by atoms with van der Waals surface area (Å²) < 4.78 is 0. The standard InChI is InChI=1S/C14H17ClN4O2S/c15-12-8-10(6-7-13(12)19(20)21)9-16-18-14(22)17-11-4-2-1-3-5-11/h6-9,11H,1-5H2,(H2,17,18,22)/b16-9-. The maximum Gasteiger partial charge on any atom is 0.287 e. The number of rotatable bonds is 4. The van der Waals surface area contributed by atoms with E-state index < -0.39 is 4.92 Å². The average Bonchev–Trinajstić information content (AvgIpc) is 2.48. The lowest BCUT2D eigenvalue weighted by molar-refractivity contribution is -0.384. The second kappa shape index (κ2) is 8.05. The lowest BCUT2D eigenvalue weighted by Gasteiger charge is -2.23. The molecule has 6 nitrogen and oxygen atoms in total. The van der Waals surface area contributed by atoms with Crippen LogP contribution in [-0.4, -0.2) is 22.3 Å². The van der Waals surface area contributed by atoms with E-state index in [0.717, 1.165) is 12.8 Å². The van der Waals surface area contributed by atoms with E-state index in [9.17, 15) is 10.1 Å². The van der Waals surface area contributed by atoms with Crippen molar-refractivity contribution in [3.63, 3.8) is 0 Å². The summed E-state index contributed by atoms with van der Waals surface area (Å²) in [7, 11) is 0. The Hall–Kier alpha value is -1.73. The molecule has 0 unspecified atom stereocenters. The van der Waals surface area contributed by atoms with Gasteiger partial charge in [-0.2, -0.15) is 5.10 Å². The van der Waals surface area contributed by atoms with Gasteiger partial charge in [0.25, 0.3) is 5.69 Å². The molecule has 1 aromatic carbocycles. The fourth-order valence-electron chi connectivity index (χ4n) is 2.38. The van der Waals surface area contributed by atoms with Crippen molar-refractivity contribution in [2.45, 2.75) is 38.1 Å². The van der Waals surface area contributed by atoms with Gasteiger partial charge in [-0.25, -0.2) is 0 Å². The summed E-state index contributed by atoms with van der Waals surface area (Å²) in [5.74, 6) is 0. The molecule has 0 spiro atoms. The van der Waals surface area contributed by atoms with Crippen LogP contribution in [0.1, 0.15) is 37.7 Å². The lowest BCUT2D eigenvalue weighted by Crippen LogP contribution is -2.40. The zero-order chi connectivity index (χ0) is 15.9. The summed E-state index contributed by atoms with van der Waals surface area (Å²) in [6, 6.07) is 4.83. The van der Waals surface area contributed by atoms with Crippen LogP contribution in [0.25, 0.3) is 0 Å². The molecule has 1 saturated carbocycles. The fourth-order valence-corrected chi connectivity index (χ4v) is 2.86. The first-order valence-electron chi connectivity index (χ1n) is 7.10. The minimum Gasteiger partial charge on any atom is -0.359 e. The molecule has 118 valence electrons. The Morgan fingerprint density at radius 2 is 2.14 bits per heavy atom. The lowest BCUT2D eigenvalue weighted by atomic mass is 9.96. The van der Waals surface area contributed by atoms with Gasteiger partial charge in [0.05, 0.1) is 11.1 Å². The molecule has 1 aliphatic carbocycles. The Morgan fingerprint density at radius 3 is 2.77 bits per heavy atom. The molecule has 1 aliphatic rings. The Labute approximate surface area is 139 Å². The van der Waals surface area contributed by atoms with Gasteiger partial charge >= 0.3 is 0 Å². The van der Waals surface area contributed by atoms with E-state index in [1.165, 1.54) is 37.6 Å². The van der Waals surface area contributed by atoms with Crippen LogP contribution in [0.3, 0.4) is 0 Å². The number of hydrogen-bond donors (Lipinski definition) is 2. The summed E-state index contributed by atoms with van der Waals surface area (Å²) >= 11 is 11.0. The van der Waals surface area contributed by atoms with E-state index in [1.54, 1.807) is 6.07 Å². The van der Waals surface area contributed by atoms with Gasteiger partial charge in [-0.1, -0.05) is 30.9 Å². The van der Waals surface area contributed by atoms with Crippen LogP contribution in [0.5, 0.6) is 0 Å². The molecule has 0 atom stereocenters. The second-order valence-corrected chi connectivity index (χ2v) is 5.96. The van der Waals surface area contributed by atoms with E-state index in [0.29, 0.717) is 16.7 Å². The van der Waals surface area contributed by atoms with Gasteiger partial charge < -0.3 is 5.32 Å². The van der Waals surface area contributed by atoms with Gasteiger partial charge in [0.1, 0.15) is 5.02 Å². The molecule has 1 fully saturated rings. The third-order valence-corrected chi connectivity index (χ3v) is 4.00. The van der Waals surface area contributed by atoms with E-state index in [-0.39, 0.29) is 10.7 Å². The topological polar surface area (TPSA) is 79.6 Å². The molecule has 0 saturated heterocycles. The molecular weight excluding hydrogens is 324 g/mol. The average molecular weight is 341 g/mol. The maximum absolute atomic E-state index is 10.7. The predicted octanol–water partition coefficient (Wildman–Crippen LogP) is 3.38. The molecule has 2 N–H and O–H groups in total. The number of benzene rings is 1. The number of hydrazone groups is 1. The van der Waals surface area contributed by atoms with E-state index >= 15 is 0 Å². The molecule has 1 aromatic rings. The van der Waals surface area contributed by atoms with Crippen LogP contribution in [0.4, 0.5) is 5.69 Å². The van der Waals surface area contributed by atoms with Crippen molar-refractivity contribution in [2.75, 3.05) is 0 Å². The van der Waals surface area contributed by atoms with Crippen LogP contribution in [0.2, 0.25) is 5.02 Å². The Bertz CT molecular complexity index is 588. The number of nitrogens with one attached hydrogen (secondary N) is 2. The van der Waals surface area contributed by atoms with Crippen LogP contribution in [0.15, 0.2) is 23.3 Å². The maximum atomic E-state index is 10.7. The first kappa shape index (κ1) is 16.6. The van der Waals surface area contributed by atoms with Crippen LogP contribution in [-0.2, 0) is 0 Å². The highest BCUT2D eigenvalue weighted by molar-refractivity contribution is 7.80. The van der Waals surface area contributed by atoms with E-state index in [2.05, 4.69) is 15.8 Å². The van der Waals surface area contributed by atoms with Crippen molar-refractivity contribution in [3.05, 3.63) is 38.9 Å². The Morgan fingerprint density at radius 1 is 1.41 bits per heavy atom. The summed E-state index contributed by atoms with van der Waals surface area (Å²) in [4.78, 5) is 10.2. The summed E-state index contributed by atoms with van der Waals surface area (Å²) in [5, 5.41) is 18.5. The summed E-state index contributed by atoms with van der Waals surface area (Å²) in [6.45, 7) is 0. The molecule has 0 amide bonds. The quantitative estimate of drug-likeness (QED) is 0.380. The van der Waals surface area contributed by atoms with Gasteiger partial charge in [0.15, 0.2) is 5.11 Å². The highest BCUT2D eigenvalue weighted by atomic mass is 35.5. The van der Waals surface area contributed by atoms with Crippen LogP contribution >= 0.6 is 23.8 Å². The molecule has 8 heteroatoms. The summed E-state index contributed by atoms with van der Waals surface area (Å²) in [5.41, 5.74) is 3.28. The van der Waals surface area contributed by atoms with Crippen molar-refractivity contribution >= 4 is 40.8 Å². The van der Waals surface area contributed by atoms with Gasteiger partial charge in [0, 0.05) is 12.1 Å². The normalized spacial score (nSPS) is 15.7. The van der Waals surface area contributed by atoms with Gasteiger partial charge in [0.2, 0.25) is 0 Å². The van der Waals surface area contributed by atoms with Crippen molar-refractivity contribution in [1.82, 2.24) is 10.7 Å². The van der Waals surface area contributed by atoms with Crippen molar-refractivity contribution < 1.29 is 4.92 Å². The molecule has 2 rings (SSSR count). The highest BCUT2D eigenvalue weighted by Gasteiger charge is 2.13. The van der Waals surface area contributed by atoms with Gasteiger partial charge in [-0.15, -0.1) is 0 Å². The molecule has 0 aliphatic heterocycles. The first-order chi connectivity index (χ1) is 10.6. The van der Waals surface area contributed by atoms with Crippen molar-refractivity contribution in [3.8, 4) is 0 Å². The zero-order valence-electron chi connectivity index (χ0n) is 11.9. The van der Waals surface area contributed by atoms with E-state index in [4.69, 9.17) is 23.8 Å². The predicted molar refractivity (Wildman–Crippen MR) is 91.4 cm³/mol. The Kier molecular flexibility index (Phi) is 6.09. The number of nitrogens with zero attached hydrogens (tertiary/aromatic N) is 2. The first-order valence-corrected chi connectivity index (χ1v) is 7.88. The smallest absolute Gasteiger partial charge is 0.287 e. The molecule has 0 heterocycles. The number of nitro groups is 1. The van der Waals surface area contributed by atoms with E-state index in [1.807, 2.05) is 0 Å². The fraction of sp³-hybridized carbons (Fsp3) is 0.429. The largest absolute Gasteiger partial charge is 0.359 e. The zero-order valence-corrected chi connectivity index (χ0v) is 13.5. The monoisotopic (exact) mass is 340 g/mol. The number of halogens is 1. The van der Waals surface area contributed by atoms with Gasteiger partial charge in [-0.05, 0) is 42.8 Å². The second-order valence-electron chi connectivity index (χ2n) is 5.15. The molecule has 0 bridgehead atoms. The minimum absolute atomic E-state index is 0.0804. The number of thiocarbonyl (C=S) groups is 1. The van der Waals surface area contributed by atoms with Crippen molar-refractivity contribution in [1.29, 1.82) is 0 Å². The minimum atomic E-state index is -0.523. The number of hydrogen-bond acceptors (Lipinski definition) is 4. The molecule has 0 radical (unpaired) electrons. The third kappa shape index (κ3) is 4.92.